The fourth-order valence-corrected chi connectivity index (χ4v) is 2.16. The molecule has 7 N–H and O–H groups in total. The summed E-state index contributed by atoms with van der Waals surface area (Å²) in [5.41, 5.74) is 8.55. The monoisotopic (exact) mass is 426 g/mol. The van der Waals surface area contributed by atoms with E-state index in [1.807, 2.05) is 97.9 Å². The van der Waals surface area contributed by atoms with E-state index in [0.29, 0.717) is 0 Å². The fraction of sp³-hybridized carbons (Fsp3) is 0.200. The number of nitrogens with two attached hydrogens (primary N) is 1. The van der Waals surface area contributed by atoms with Crippen LogP contribution in [0.4, 0.5) is 0 Å². The Balaban J connectivity index is 0. The van der Waals surface area contributed by atoms with Crippen molar-refractivity contribution >= 4 is 12.3 Å². The second-order valence-electron chi connectivity index (χ2n) is 6.31. The van der Waals surface area contributed by atoms with Crippen LogP contribution < -0.4 is 11.9 Å². The zero-order chi connectivity index (χ0) is 22.8. The minimum absolute atomic E-state index is 0. The van der Waals surface area contributed by atoms with Crippen molar-refractivity contribution in [3.8, 4) is 0 Å². The first kappa shape index (κ1) is 29.9. The number of aliphatic hydroxyl groups excluding tert-OH is 1. The first-order chi connectivity index (χ1) is 14.3. The molecule has 3 aromatic rings. The highest BCUT2D eigenvalue weighted by Gasteiger charge is 1.95. The zero-order valence-corrected chi connectivity index (χ0v) is 18.4. The van der Waals surface area contributed by atoms with Crippen LogP contribution >= 0.6 is 0 Å². The van der Waals surface area contributed by atoms with Gasteiger partial charge in [-0.15, -0.1) is 0 Å². The van der Waals surface area contributed by atoms with Gasteiger partial charge in [0, 0.05) is 11.6 Å². The third-order valence-electron chi connectivity index (χ3n) is 3.79. The van der Waals surface area contributed by atoms with Gasteiger partial charge in [0.05, 0.1) is 6.10 Å². The van der Waals surface area contributed by atoms with Crippen molar-refractivity contribution < 1.29 is 19.8 Å². The summed E-state index contributed by atoms with van der Waals surface area (Å²) in [4.78, 5) is 19.0. The van der Waals surface area contributed by atoms with Crippen molar-refractivity contribution in [3.63, 3.8) is 0 Å². The molecule has 6 heteroatoms. The number of ketones is 1. The third kappa shape index (κ3) is 15.2. The van der Waals surface area contributed by atoms with Gasteiger partial charge in [-0.3, -0.25) is 9.59 Å². The van der Waals surface area contributed by atoms with Crippen molar-refractivity contribution in [1.29, 1.82) is 0 Å². The van der Waals surface area contributed by atoms with E-state index in [2.05, 4.69) is 0 Å². The average molecular weight is 427 g/mol. The highest BCUT2D eigenvalue weighted by molar-refractivity contribution is 5.93. The predicted molar refractivity (Wildman–Crippen MR) is 126 cm³/mol. The molecule has 0 fully saturated rings. The summed E-state index contributed by atoms with van der Waals surface area (Å²) in [6.07, 6.45) is -0.341. The molecule has 0 heterocycles. The number of aliphatic hydroxyl groups is 1. The van der Waals surface area contributed by atoms with Gasteiger partial charge in [0.1, 0.15) is 0 Å². The predicted octanol–water partition coefficient (Wildman–Crippen LogP) is 5.20. The molecule has 0 aliphatic rings. The molecule has 168 valence electrons. The number of Topliss-reactive ketones (excluding diaryl/α,β-unsaturated/α-hetero) is 1. The van der Waals surface area contributed by atoms with Gasteiger partial charge >= 0.3 is 0 Å². The summed E-state index contributed by atoms with van der Waals surface area (Å²) in [6, 6.07) is 29.0. The van der Waals surface area contributed by atoms with Gasteiger partial charge in [0.15, 0.2) is 5.78 Å². The number of benzene rings is 3. The Morgan fingerprint density at radius 3 is 1.32 bits per heavy atom. The van der Waals surface area contributed by atoms with Gasteiger partial charge in [-0.05, 0) is 31.9 Å². The highest BCUT2D eigenvalue weighted by atomic mass is 16.3. The van der Waals surface area contributed by atoms with E-state index in [0.717, 1.165) is 11.1 Å². The maximum atomic E-state index is 10.6. The Labute approximate surface area is 185 Å². The van der Waals surface area contributed by atoms with Crippen molar-refractivity contribution in [1.82, 2.24) is 6.15 Å². The standard InChI is InChI=1S/C8H11N.C8H10O.C8H8O.CH2O2.H3N/c3*1-7(9)8-5-3-2-4-6-8;2-1-3;/h2-7H,9H2,1H3;2-7,9H,1H3;2-6H,1H3;1H,(H,2,3);1H3. The van der Waals surface area contributed by atoms with Gasteiger partial charge in [0.25, 0.3) is 6.47 Å². The van der Waals surface area contributed by atoms with Crippen LogP contribution in [0.25, 0.3) is 0 Å². The maximum absolute atomic E-state index is 10.6. The summed E-state index contributed by atoms with van der Waals surface area (Å²) in [5, 5.41) is 15.9. The zero-order valence-electron chi connectivity index (χ0n) is 18.4. The summed E-state index contributed by atoms with van der Waals surface area (Å²) in [5.74, 6) is 0.121. The van der Waals surface area contributed by atoms with E-state index >= 15 is 0 Å². The van der Waals surface area contributed by atoms with Crippen LogP contribution in [0.3, 0.4) is 0 Å². The van der Waals surface area contributed by atoms with Crippen LogP contribution in [0.15, 0.2) is 91.0 Å². The number of carbonyl (C=O) groups excluding carboxylic acids is 1. The van der Waals surface area contributed by atoms with E-state index in [1.165, 1.54) is 5.56 Å². The molecule has 0 radical (unpaired) electrons. The molecule has 0 saturated heterocycles. The van der Waals surface area contributed by atoms with E-state index < -0.39 is 0 Å². The molecule has 3 rings (SSSR count). The molecular weight excluding hydrogens is 392 g/mol. The lowest BCUT2D eigenvalue weighted by Gasteiger charge is -2.02. The lowest BCUT2D eigenvalue weighted by atomic mass is 10.1. The van der Waals surface area contributed by atoms with E-state index in [4.69, 9.17) is 20.7 Å². The first-order valence-electron chi connectivity index (χ1n) is 9.50. The molecule has 0 aliphatic heterocycles. The van der Waals surface area contributed by atoms with Gasteiger partial charge in [-0.2, -0.15) is 0 Å². The molecule has 0 bridgehead atoms. The van der Waals surface area contributed by atoms with Crippen LogP contribution in [-0.2, 0) is 4.79 Å². The van der Waals surface area contributed by atoms with Gasteiger partial charge in [0.2, 0.25) is 0 Å². The summed E-state index contributed by atoms with van der Waals surface area (Å²) in [6.45, 7) is 5.06. The van der Waals surface area contributed by atoms with Crippen molar-refractivity contribution in [2.45, 2.75) is 32.9 Å². The number of hydrogen-bond acceptors (Lipinski definition) is 5. The highest BCUT2D eigenvalue weighted by Crippen LogP contribution is 2.09. The quantitative estimate of drug-likeness (QED) is 0.336. The summed E-state index contributed by atoms with van der Waals surface area (Å²) >= 11 is 0. The molecule has 0 aliphatic carbocycles. The smallest absolute Gasteiger partial charge is 0.290 e. The topological polar surface area (TPSA) is 136 Å². The van der Waals surface area contributed by atoms with Gasteiger partial charge < -0.3 is 22.1 Å². The average Bonchev–Trinajstić information content (AvgIpc) is 2.77. The van der Waals surface area contributed by atoms with E-state index in [9.17, 15) is 4.79 Å². The van der Waals surface area contributed by atoms with Crippen LogP contribution in [-0.4, -0.2) is 22.5 Å². The summed E-state index contributed by atoms with van der Waals surface area (Å²) < 4.78 is 0. The van der Waals surface area contributed by atoms with Crippen molar-refractivity contribution in [2.24, 2.45) is 5.73 Å². The van der Waals surface area contributed by atoms with Crippen LogP contribution in [0, 0.1) is 0 Å². The minimum atomic E-state index is -0.341. The minimum Gasteiger partial charge on any atom is -0.483 e. The molecule has 0 saturated carbocycles. The Bertz CT molecular complexity index is 765. The van der Waals surface area contributed by atoms with Crippen molar-refractivity contribution in [2.75, 3.05) is 0 Å². The second kappa shape index (κ2) is 18.7. The Kier molecular flexibility index (Phi) is 18.0. The normalized spacial score (nSPS) is 10.6. The second-order valence-corrected chi connectivity index (χ2v) is 6.31. The lowest BCUT2D eigenvalue weighted by molar-refractivity contribution is -0.122. The molecule has 2 unspecified atom stereocenters. The Hall–Kier alpha value is -3.32. The molecule has 31 heavy (non-hydrogen) atoms. The number of rotatable bonds is 3. The molecular formula is C25H34N2O4. The molecule has 6 nitrogen and oxygen atoms in total. The SMILES string of the molecule is CC(=O)c1ccccc1.CC(N)c1ccccc1.CC(O)c1ccccc1.N.O=CO. The van der Waals surface area contributed by atoms with Crippen LogP contribution in [0.1, 0.15) is 54.4 Å². The fourth-order valence-electron chi connectivity index (χ4n) is 2.16. The number of hydrogen-bond donors (Lipinski definition) is 4. The molecule has 0 aromatic heterocycles. The first-order valence-corrected chi connectivity index (χ1v) is 9.50. The van der Waals surface area contributed by atoms with Crippen LogP contribution in [0.5, 0.6) is 0 Å². The van der Waals surface area contributed by atoms with Gasteiger partial charge in [-0.25, -0.2) is 0 Å². The largest absolute Gasteiger partial charge is 0.483 e. The maximum Gasteiger partial charge on any atom is 0.290 e. The van der Waals surface area contributed by atoms with Gasteiger partial charge in [-0.1, -0.05) is 91.0 Å². The lowest BCUT2D eigenvalue weighted by Crippen LogP contribution is -2.03. The van der Waals surface area contributed by atoms with Crippen LogP contribution in [0.2, 0.25) is 0 Å². The Morgan fingerprint density at radius 1 is 0.806 bits per heavy atom. The molecule has 3 aromatic carbocycles. The van der Waals surface area contributed by atoms with Crippen molar-refractivity contribution in [3.05, 3.63) is 108 Å². The third-order valence-corrected chi connectivity index (χ3v) is 3.79. The number of carbonyl (C=O) groups is 2. The molecule has 2 atom stereocenters. The molecule has 0 spiro atoms. The number of carboxylic acid groups (broad SMARTS) is 1. The van der Waals surface area contributed by atoms with E-state index in [-0.39, 0.29) is 30.6 Å². The van der Waals surface area contributed by atoms with E-state index in [1.54, 1.807) is 13.8 Å². The Morgan fingerprint density at radius 2 is 1.13 bits per heavy atom. The molecule has 0 amide bonds. The summed E-state index contributed by atoms with van der Waals surface area (Å²) in [7, 11) is 0.